The standard InChI is InChI=1S/C75H52N2/c1-6-22-54(23-7-1)73-67-33-16-18-35-69(67)74(70-36-19-17-34-68(70)73)55-40-45-62(46-41-55)77(64-49-47-63(48-50-64)76(59-28-12-4-13-29-59)60-30-14-5-15-31-60)61-43-38-53(39-44-61)56-42-51-66-65-32-20-21-37-71(65)75(72(66)52-56,57-24-8-2-9-25-57)58-26-10-3-11-27-58/h1-52H. The molecule has 13 aromatic rings. The van der Waals surface area contributed by atoms with E-state index in [1.807, 2.05) is 0 Å². The summed E-state index contributed by atoms with van der Waals surface area (Å²) < 4.78 is 0. The van der Waals surface area contributed by atoms with Crippen molar-refractivity contribution < 1.29 is 0 Å². The Morgan fingerprint density at radius 1 is 0.208 bits per heavy atom. The largest absolute Gasteiger partial charge is 0.311 e. The molecule has 0 bridgehead atoms. The van der Waals surface area contributed by atoms with E-state index in [2.05, 4.69) is 325 Å². The van der Waals surface area contributed by atoms with Crippen LogP contribution < -0.4 is 9.80 Å². The Balaban J connectivity index is 0.892. The van der Waals surface area contributed by atoms with E-state index in [1.165, 1.54) is 82.7 Å². The van der Waals surface area contributed by atoms with Crippen molar-refractivity contribution in [2.75, 3.05) is 9.80 Å². The molecule has 0 N–H and O–H groups in total. The predicted molar refractivity (Wildman–Crippen MR) is 324 cm³/mol. The van der Waals surface area contributed by atoms with E-state index in [0.29, 0.717) is 0 Å². The summed E-state index contributed by atoms with van der Waals surface area (Å²) in [4.78, 5) is 4.70. The molecule has 1 aliphatic rings. The Kier molecular flexibility index (Phi) is 11.5. The highest BCUT2D eigenvalue weighted by Crippen LogP contribution is 2.57. The fraction of sp³-hybridized carbons (Fsp3) is 0.0133. The maximum Gasteiger partial charge on any atom is 0.0713 e. The zero-order valence-electron chi connectivity index (χ0n) is 42.4. The first-order valence-corrected chi connectivity index (χ1v) is 26.6. The smallest absolute Gasteiger partial charge is 0.0713 e. The number of hydrogen-bond acceptors (Lipinski definition) is 2. The van der Waals surface area contributed by atoms with Gasteiger partial charge in [0.05, 0.1) is 5.41 Å². The number of nitrogens with zero attached hydrogens (tertiary/aromatic N) is 2. The lowest BCUT2D eigenvalue weighted by Crippen LogP contribution is -2.28. The van der Waals surface area contributed by atoms with E-state index >= 15 is 0 Å². The fourth-order valence-electron chi connectivity index (χ4n) is 12.4. The van der Waals surface area contributed by atoms with Gasteiger partial charge in [0, 0.05) is 34.1 Å². The Morgan fingerprint density at radius 3 is 0.974 bits per heavy atom. The molecule has 0 unspecified atom stereocenters. The molecule has 14 rings (SSSR count). The summed E-state index contributed by atoms with van der Waals surface area (Å²) in [6.45, 7) is 0. The Morgan fingerprint density at radius 2 is 0.519 bits per heavy atom. The third kappa shape index (κ3) is 7.81. The maximum absolute atomic E-state index is 2.45. The summed E-state index contributed by atoms with van der Waals surface area (Å²) in [5.74, 6) is 0. The number of para-hydroxylation sites is 2. The predicted octanol–water partition coefficient (Wildman–Crippen LogP) is 20.3. The summed E-state index contributed by atoms with van der Waals surface area (Å²) >= 11 is 0. The van der Waals surface area contributed by atoms with Crippen LogP contribution in [0.25, 0.3) is 66.1 Å². The second-order valence-electron chi connectivity index (χ2n) is 19.9. The monoisotopic (exact) mass is 980 g/mol. The van der Waals surface area contributed by atoms with Crippen LogP contribution in [-0.4, -0.2) is 0 Å². The first kappa shape index (κ1) is 45.6. The van der Waals surface area contributed by atoms with Crippen molar-refractivity contribution in [2.24, 2.45) is 0 Å². The van der Waals surface area contributed by atoms with Crippen LogP contribution in [0.1, 0.15) is 22.3 Å². The van der Waals surface area contributed by atoms with Crippen LogP contribution in [0.2, 0.25) is 0 Å². The Bertz CT molecular complexity index is 4080. The van der Waals surface area contributed by atoms with Crippen LogP contribution in [0.4, 0.5) is 34.1 Å². The third-order valence-corrected chi connectivity index (χ3v) is 15.7. The lowest BCUT2D eigenvalue weighted by molar-refractivity contribution is 0.769. The van der Waals surface area contributed by atoms with Crippen molar-refractivity contribution in [3.63, 3.8) is 0 Å². The first-order valence-electron chi connectivity index (χ1n) is 26.6. The summed E-state index contributed by atoms with van der Waals surface area (Å²) in [5.41, 5.74) is 20.9. The van der Waals surface area contributed by atoms with Gasteiger partial charge in [0.15, 0.2) is 0 Å². The highest BCUT2D eigenvalue weighted by atomic mass is 15.2. The van der Waals surface area contributed by atoms with Crippen molar-refractivity contribution in [2.45, 2.75) is 5.41 Å². The van der Waals surface area contributed by atoms with Crippen molar-refractivity contribution in [1.29, 1.82) is 0 Å². The summed E-state index contributed by atoms with van der Waals surface area (Å²) in [6, 6.07) is 115. The van der Waals surface area contributed by atoms with Gasteiger partial charge < -0.3 is 9.80 Å². The van der Waals surface area contributed by atoms with Crippen molar-refractivity contribution in [3.05, 3.63) is 338 Å². The fourth-order valence-corrected chi connectivity index (χ4v) is 12.4. The summed E-state index contributed by atoms with van der Waals surface area (Å²) in [7, 11) is 0. The summed E-state index contributed by atoms with van der Waals surface area (Å²) in [6.07, 6.45) is 0. The minimum absolute atomic E-state index is 0.474. The van der Waals surface area contributed by atoms with E-state index in [1.54, 1.807) is 0 Å². The van der Waals surface area contributed by atoms with Crippen molar-refractivity contribution in [3.8, 4) is 44.5 Å². The minimum Gasteiger partial charge on any atom is -0.311 e. The molecule has 77 heavy (non-hydrogen) atoms. The van der Waals surface area contributed by atoms with Crippen LogP contribution in [0.3, 0.4) is 0 Å². The highest BCUT2D eigenvalue weighted by Gasteiger charge is 2.46. The molecular weight excluding hydrogens is 929 g/mol. The Hall–Kier alpha value is -10.0. The van der Waals surface area contributed by atoms with Gasteiger partial charge in [0.1, 0.15) is 0 Å². The van der Waals surface area contributed by atoms with Crippen molar-refractivity contribution in [1.82, 2.24) is 0 Å². The molecule has 0 saturated carbocycles. The van der Waals surface area contributed by atoms with Gasteiger partial charge in [-0.05, 0) is 167 Å². The number of hydrogen-bond donors (Lipinski definition) is 0. The lowest BCUT2D eigenvalue weighted by atomic mass is 9.67. The molecule has 13 aromatic carbocycles. The highest BCUT2D eigenvalue weighted by molar-refractivity contribution is 6.21. The van der Waals surface area contributed by atoms with E-state index in [9.17, 15) is 0 Å². The molecule has 0 radical (unpaired) electrons. The molecule has 0 saturated heterocycles. The molecule has 0 heterocycles. The second kappa shape index (κ2) is 19.4. The molecule has 2 nitrogen and oxygen atoms in total. The molecule has 0 atom stereocenters. The molecule has 0 aliphatic heterocycles. The molecule has 0 fully saturated rings. The number of anilines is 6. The zero-order valence-corrected chi connectivity index (χ0v) is 42.4. The maximum atomic E-state index is 2.45. The number of fused-ring (bicyclic) bond motifs is 5. The van der Waals surface area contributed by atoms with Crippen LogP contribution >= 0.6 is 0 Å². The van der Waals surface area contributed by atoms with Crippen LogP contribution in [0.5, 0.6) is 0 Å². The molecule has 0 amide bonds. The van der Waals surface area contributed by atoms with Gasteiger partial charge in [0.2, 0.25) is 0 Å². The zero-order chi connectivity index (χ0) is 51.1. The van der Waals surface area contributed by atoms with E-state index < -0.39 is 5.41 Å². The van der Waals surface area contributed by atoms with Gasteiger partial charge in [-0.15, -0.1) is 0 Å². The SMILES string of the molecule is c1ccc(-c2c3ccccc3c(-c3ccc(N(c4ccc(-c5ccc6c(c5)C(c5ccccc5)(c5ccccc5)c5ccccc5-6)cc4)c4ccc(N(c5ccccc5)c5ccccc5)cc4)cc3)c3ccccc23)cc1. The van der Waals surface area contributed by atoms with Crippen molar-refractivity contribution >= 4 is 55.7 Å². The molecule has 2 heteroatoms. The third-order valence-electron chi connectivity index (χ3n) is 15.7. The number of rotatable bonds is 11. The van der Waals surface area contributed by atoms with Gasteiger partial charge in [0.25, 0.3) is 0 Å². The van der Waals surface area contributed by atoms with Crippen LogP contribution in [0, 0.1) is 0 Å². The average molecular weight is 981 g/mol. The molecule has 0 spiro atoms. The van der Waals surface area contributed by atoms with E-state index in [4.69, 9.17) is 0 Å². The molecule has 362 valence electrons. The molecular formula is C75H52N2. The average Bonchev–Trinajstić information content (AvgIpc) is 4.09. The van der Waals surface area contributed by atoms with E-state index in [-0.39, 0.29) is 0 Å². The lowest BCUT2D eigenvalue weighted by Gasteiger charge is -2.34. The van der Waals surface area contributed by atoms with Gasteiger partial charge in [-0.25, -0.2) is 0 Å². The van der Waals surface area contributed by atoms with Crippen LogP contribution in [0.15, 0.2) is 315 Å². The van der Waals surface area contributed by atoms with E-state index in [0.717, 1.165) is 39.7 Å². The second-order valence-corrected chi connectivity index (χ2v) is 19.9. The topological polar surface area (TPSA) is 6.48 Å². The van der Waals surface area contributed by atoms with Gasteiger partial charge in [-0.2, -0.15) is 0 Å². The Labute approximate surface area is 450 Å². The summed E-state index contributed by atoms with van der Waals surface area (Å²) in [5, 5.41) is 4.97. The van der Waals surface area contributed by atoms with Gasteiger partial charge in [-0.1, -0.05) is 237 Å². The van der Waals surface area contributed by atoms with Gasteiger partial charge in [-0.3, -0.25) is 0 Å². The van der Waals surface area contributed by atoms with Gasteiger partial charge >= 0.3 is 0 Å². The number of benzene rings is 13. The quantitative estimate of drug-likeness (QED) is 0.119. The first-order chi connectivity index (χ1) is 38.2. The molecule has 1 aliphatic carbocycles. The normalized spacial score (nSPS) is 12.3. The molecule has 0 aromatic heterocycles. The van der Waals surface area contributed by atoms with Crippen LogP contribution in [-0.2, 0) is 5.41 Å². The minimum atomic E-state index is -0.474.